The van der Waals surface area contributed by atoms with Gasteiger partial charge in [-0.1, -0.05) is 0 Å². The van der Waals surface area contributed by atoms with Crippen LogP contribution in [0, 0.1) is 17.8 Å². The number of hydrogen-bond acceptors (Lipinski definition) is 2. The number of nitrogens with one attached hydrogen (secondary N) is 1. The van der Waals surface area contributed by atoms with Crippen LogP contribution < -0.4 is 5.32 Å². The van der Waals surface area contributed by atoms with E-state index in [1.165, 1.54) is 39.0 Å². The van der Waals surface area contributed by atoms with E-state index >= 15 is 0 Å². The van der Waals surface area contributed by atoms with Gasteiger partial charge in [0.25, 0.3) is 0 Å². The highest BCUT2D eigenvalue weighted by Crippen LogP contribution is 2.38. The summed E-state index contributed by atoms with van der Waals surface area (Å²) in [4.78, 5) is 2.74. The van der Waals surface area contributed by atoms with Crippen molar-refractivity contribution in [2.24, 2.45) is 17.8 Å². The van der Waals surface area contributed by atoms with Gasteiger partial charge in [0.05, 0.1) is 0 Å². The van der Waals surface area contributed by atoms with Gasteiger partial charge in [0.15, 0.2) is 0 Å². The van der Waals surface area contributed by atoms with E-state index in [2.05, 4.69) is 17.1 Å². The highest BCUT2D eigenvalue weighted by molar-refractivity contribution is 4.95. The lowest BCUT2D eigenvalue weighted by molar-refractivity contribution is 0.219. The van der Waals surface area contributed by atoms with Gasteiger partial charge in [-0.25, -0.2) is 0 Å². The summed E-state index contributed by atoms with van der Waals surface area (Å²) in [5.74, 6) is 2.99. The monoisotopic (exact) mass is 180 g/mol. The van der Waals surface area contributed by atoms with Crippen molar-refractivity contribution < 1.29 is 0 Å². The van der Waals surface area contributed by atoms with E-state index in [0.717, 1.165) is 23.8 Å². The van der Waals surface area contributed by atoms with Gasteiger partial charge in [-0.05, 0) is 50.6 Å². The molecule has 1 saturated carbocycles. The Morgan fingerprint density at radius 2 is 1.77 bits per heavy atom. The van der Waals surface area contributed by atoms with Gasteiger partial charge in [0, 0.05) is 19.1 Å². The molecule has 0 aromatic heterocycles. The molecule has 3 rings (SSSR count). The first-order valence-corrected chi connectivity index (χ1v) is 5.79. The summed E-state index contributed by atoms with van der Waals surface area (Å²) >= 11 is 0. The molecule has 2 aliphatic heterocycles. The topological polar surface area (TPSA) is 15.3 Å². The molecule has 74 valence electrons. The SMILES string of the molecule is CC(C1CC1)N1C[C@H]2CNC[C@H]2C1. The first kappa shape index (κ1) is 8.25. The molecular formula is C11H20N2. The minimum atomic E-state index is 0.880. The predicted molar refractivity (Wildman–Crippen MR) is 53.6 cm³/mol. The fourth-order valence-electron chi connectivity index (χ4n) is 3.10. The van der Waals surface area contributed by atoms with E-state index in [4.69, 9.17) is 0 Å². The van der Waals surface area contributed by atoms with Crippen molar-refractivity contribution in [2.45, 2.75) is 25.8 Å². The van der Waals surface area contributed by atoms with E-state index in [9.17, 15) is 0 Å². The number of hydrogen-bond donors (Lipinski definition) is 1. The molecule has 2 heteroatoms. The Morgan fingerprint density at radius 1 is 1.15 bits per heavy atom. The molecule has 0 amide bonds. The lowest BCUT2D eigenvalue weighted by Crippen LogP contribution is -2.34. The highest BCUT2D eigenvalue weighted by atomic mass is 15.2. The second-order valence-electron chi connectivity index (χ2n) is 5.21. The Morgan fingerprint density at radius 3 is 2.31 bits per heavy atom. The first-order valence-electron chi connectivity index (χ1n) is 5.79. The smallest absolute Gasteiger partial charge is 0.00954 e. The fourth-order valence-corrected chi connectivity index (χ4v) is 3.10. The van der Waals surface area contributed by atoms with Gasteiger partial charge >= 0.3 is 0 Å². The van der Waals surface area contributed by atoms with Crippen LogP contribution in [-0.4, -0.2) is 37.1 Å². The lowest BCUT2D eigenvalue weighted by Gasteiger charge is -2.24. The van der Waals surface area contributed by atoms with Crippen LogP contribution >= 0.6 is 0 Å². The zero-order valence-electron chi connectivity index (χ0n) is 8.50. The van der Waals surface area contributed by atoms with Crippen molar-refractivity contribution in [3.63, 3.8) is 0 Å². The number of nitrogens with zero attached hydrogens (tertiary/aromatic N) is 1. The summed E-state index contributed by atoms with van der Waals surface area (Å²) in [6, 6.07) is 0.880. The molecule has 0 aromatic carbocycles. The average Bonchev–Trinajstić information content (AvgIpc) is 2.73. The van der Waals surface area contributed by atoms with E-state index in [1.54, 1.807) is 0 Å². The minimum Gasteiger partial charge on any atom is -0.316 e. The lowest BCUT2D eigenvalue weighted by atomic mass is 10.0. The molecule has 0 bridgehead atoms. The third kappa shape index (κ3) is 1.40. The molecular weight excluding hydrogens is 160 g/mol. The molecule has 0 radical (unpaired) electrons. The maximum Gasteiger partial charge on any atom is 0.00954 e. The molecule has 2 saturated heterocycles. The van der Waals surface area contributed by atoms with Crippen LogP contribution in [0.2, 0.25) is 0 Å². The predicted octanol–water partition coefficient (Wildman–Crippen LogP) is 0.936. The molecule has 3 atom stereocenters. The van der Waals surface area contributed by atoms with Gasteiger partial charge in [0.1, 0.15) is 0 Å². The molecule has 2 heterocycles. The molecule has 1 unspecified atom stereocenters. The van der Waals surface area contributed by atoms with Gasteiger partial charge in [-0.2, -0.15) is 0 Å². The summed E-state index contributed by atoms with van der Waals surface area (Å²) in [6.45, 7) is 7.73. The summed E-state index contributed by atoms with van der Waals surface area (Å²) in [6.07, 6.45) is 2.98. The van der Waals surface area contributed by atoms with Crippen LogP contribution in [0.3, 0.4) is 0 Å². The van der Waals surface area contributed by atoms with Crippen molar-refractivity contribution in [1.82, 2.24) is 10.2 Å². The quantitative estimate of drug-likeness (QED) is 0.680. The van der Waals surface area contributed by atoms with Gasteiger partial charge in [-0.15, -0.1) is 0 Å². The number of likely N-dealkylation sites (tertiary alicyclic amines) is 1. The second-order valence-corrected chi connectivity index (χ2v) is 5.21. The third-order valence-corrected chi connectivity index (χ3v) is 4.30. The molecule has 1 N–H and O–H groups in total. The van der Waals surface area contributed by atoms with Crippen LogP contribution in [0.25, 0.3) is 0 Å². The second kappa shape index (κ2) is 2.96. The first-order chi connectivity index (χ1) is 6.34. The van der Waals surface area contributed by atoms with Crippen molar-refractivity contribution >= 4 is 0 Å². The Hall–Kier alpha value is -0.0800. The summed E-state index contributed by atoms with van der Waals surface area (Å²) in [7, 11) is 0. The van der Waals surface area contributed by atoms with Crippen LogP contribution in [0.5, 0.6) is 0 Å². The third-order valence-electron chi connectivity index (χ3n) is 4.30. The van der Waals surface area contributed by atoms with Crippen LogP contribution in [-0.2, 0) is 0 Å². The van der Waals surface area contributed by atoms with Crippen molar-refractivity contribution in [1.29, 1.82) is 0 Å². The highest BCUT2D eigenvalue weighted by Gasteiger charge is 2.41. The Labute approximate surface area is 80.7 Å². The summed E-state index contributed by atoms with van der Waals surface area (Å²) in [5.41, 5.74) is 0. The number of fused-ring (bicyclic) bond motifs is 1. The molecule has 2 nitrogen and oxygen atoms in total. The van der Waals surface area contributed by atoms with Crippen LogP contribution in [0.4, 0.5) is 0 Å². The summed E-state index contributed by atoms with van der Waals surface area (Å²) < 4.78 is 0. The zero-order valence-corrected chi connectivity index (χ0v) is 8.50. The average molecular weight is 180 g/mol. The Bertz CT molecular complexity index is 188. The van der Waals surface area contributed by atoms with E-state index < -0.39 is 0 Å². The van der Waals surface area contributed by atoms with E-state index in [1.807, 2.05) is 0 Å². The molecule has 3 aliphatic rings. The molecule has 0 aromatic rings. The van der Waals surface area contributed by atoms with Gasteiger partial charge in [-0.3, -0.25) is 4.90 Å². The van der Waals surface area contributed by atoms with Crippen molar-refractivity contribution in [3.8, 4) is 0 Å². The standard InChI is InChI=1S/C11H20N2/c1-8(9-2-3-9)13-6-10-4-12-5-11(10)7-13/h8-12H,2-7H2,1H3/t8?,10-,11+. The zero-order chi connectivity index (χ0) is 8.84. The fraction of sp³-hybridized carbons (Fsp3) is 1.00. The molecule has 3 fully saturated rings. The number of rotatable bonds is 2. The molecule has 13 heavy (non-hydrogen) atoms. The van der Waals surface area contributed by atoms with Crippen LogP contribution in [0.15, 0.2) is 0 Å². The maximum absolute atomic E-state index is 3.50. The van der Waals surface area contributed by atoms with Crippen LogP contribution in [0.1, 0.15) is 19.8 Å². The summed E-state index contributed by atoms with van der Waals surface area (Å²) in [5, 5.41) is 3.50. The van der Waals surface area contributed by atoms with E-state index in [0.29, 0.717) is 0 Å². The Balaban J connectivity index is 1.62. The maximum atomic E-state index is 3.50. The van der Waals surface area contributed by atoms with Crippen molar-refractivity contribution in [3.05, 3.63) is 0 Å². The largest absolute Gasteiger partial charge is 0.316 e. The molecule has 0 spiro atoms. The van der Waals surface area contributed by atoms with Gasteiger partial charge in [0.2, 0.25) is 0 Å². The van der Waals surface area contributed by atoms with Crippen molar-refractivity contribution in [2.75, 3.05) is 26.2 Å². The normalized spacial score (nSPS) is 42.2. The van der Waals surface area contributed by atoms with Gasteiger partial charge < -0.3 is 5.32 Å². The Kier molecular flexibility index (Phi) is 1.88. The molecule has 1 aliphatic carbocycles. The minimum absolute atomic E-state index is 0.880. The van der Waals surface area contributed by atoms with E-state index in [-0.39, 0.29) is 0 Å².